The van der Waals surface area contributed by atoms with E-state index in [0.29, 0.717) is 22.6 Å². The van der Waals surface area contributed by atoms with Crippen LogP contribution in [0.4, 0.5) is 0 Å². The smallest absolute Gasteiger partial charge is 0.251 e. The van der Waals surface area contributed by atoms with E-state index < -0.39 is 0 Å². The van der Waals surface area contributed by atoms with Crippen LogP contribution in [0.15, 0.2) is 23.0 Å². The molecule has 0 saturated heterocycles. The van der Waals surface area contributed by atoms with Gasteiger partial charge in [0.2, 0.25) is 0 Å². The van der Waals surface area contributed by atoms with Crippen LogP contribution in [0.1, 0.15) is 19.4 Å². The van der Waals surface area contributed by atoms with Crippen LogP contribution >= 0.6 is 0 Å². The van der Waals surface area contributed by atoms with Gasteiger partial charge in [-0.15, -0.1) is 0 Å². The molecule has 4 nitrogen and oxygen atoms in total. The third-order valence-corrected chi connectivity index (χ3v) is 2.55. The van der Waals surface area contributed by atoms with Gasteiger partial charge in [0.25, 0.3) is 5.56 Å². The van der Waals surface area contributed by atoms with Crippen molar-refractivity contribution >= 4 is 10.9 Å². The summed E-state index contributed by atoms with van der Waals surface area (Å²) >= 11 is 0. The van der Waals surface area contributed by atoms with Crippen molar-refractivity contribution in [1.29, 1.82) is 0 Å². The standard InChI is InChI=1S/C12H13NO3.C2H6/c1-7-6-8-4-5-9(15-2)11(16-3)10(8)13-12(7)14;1-2/h4-6H,1-3H3,(H,13,14);1-2H3. The summed E-state index contributed by atoms with van der Waals surface area (Å²) in [7, 11) is 3.12. The fourth-order valence-corrected chi connectivity index (χ4v) is 1.70. The Hall–Kier alpha value is -1.97. The Bertz CT molecular complexity index is 587. The van der Waals surface area contributed by atoms with E-state index in [1.165, 1.54) is 0 Å². The van der Waals surface area contributed by atoms with Gasteiger partial charge in [0.05, 0.1) is 19.7 Å². The number of pyridine rings is 1. The molecule has 4 heteroatoms. The summed E-state index contributed by atoms with van der Waals surface area (Å²) in [5.74, 6) is 1.16. The van der Waals surface area contributed by atoms with Gasteiger partial charge in [-0.2, -0.15) is 0 Å². The number of fused-ring (bicyclic) bond motifs is 1. The summed E-state index contributed by atoms with van der Waals surface area (Å²) in [6.07, 6.45) is 0. The largest absolute Gasteiger partial charge is 0.493 e. The molecular weight excluding hydrogens is 230 g/mol. The average molecular weight is 249 g/mol. The fourth-order valence-electron chi connectivity index (χ4n) is 1.70. The highest BCUT2D eigenvalue weighted by atomic mass is 16.5. The molecule has 0 saturated carbocycles. The molecule has 0 fully saturated rings. The van der Waals surface area contributed by atoms with Gasteiger partial charge >= 0.3 is 0 Å². The van der Waals surface area contributed by atoms with Crippen molar-refractivity contribution in [3.05, 3.63) is 34.1 Å². The van der Waals surface area contributed by atoms with E-state index >= 15 is 0 Å². The molecule has 0 amide bonds. The maximum absolute atomic E-state index is 11.5. The van der Waals surface area contributed by atoms with Gasteiger partial charge in [-0.1, -0.05) is 13.8 Å². The van der Waals surface area contributed by atoms with E-state index in [9.17, 15) is 4.79 Å². The van der Waals surface area contributed by atoms with Crippen molar-refractivity contribution in [2.75, 3.05) is 14.2 Å². The van der Waals surface area contributed by atoms with E-state index in [1.54, 1.807) is 21.1 Å². The van der Waals surface area contributed by atoms with Crippen LogP contribution in [0.3, 0.4) is 0 Å². The van der Waals surface area contributed by atoms with Gasteiger partial charge in [0, 0.05) is 10.9 Å². The Balaban J connectivity index is 0.000000771. The second-order valence-electron chi connectivity index (χ2n) is 3.55. The molecule has 0 aliphatic carbocycles. The van der Waals surface area contributed by atoms with Crippen molar-refractivity contribution in [1.82, 2.24) is 4.98 Å². The predicted molar refractivity (Wildman–Crippen MR) is 73.8 cm³/mol. The second-order valence-corrected chi connectivity index (χ2v) is 3.55. The zero-order valence-electron chi connectivity index (χ0n) is 11.5. The highest BCUT2D eigenvalue weighted by Crippen LogP contribution is 2.33. The lowest BCUT2D eigenvalue weighted by atomic mass is 10.1. The van der Waals surface area contributed by atoms with Crippen LogP contribution in [-0.4, -0.2) is 19.2 Å². The Morgan fingerprint density at radius 1 is 1.11 bits per heavy atom. The van der Waals surface area contributed by atoms with Crippen molar-refractivity contribution in [3.8, 4) is 11.5 Å². The van der Waals surface area contributed by atoms with Crippen molar-refractivity contribution < 1.29 is 9.47 Å². The van der Waals surface area contributed by atoms with Crippen molar-refractivity contribution in [3.63, 3.8) is 0 Å². The topological polar surface area (TPSA) is 51.3 Å². The average Bonchev–Trinajstić information content (AvgIpc) is 2.41. The number of benzene rings is 1. The van der Waals surface area contributed by atoms with Crippen LogP contribution in [0.2, 0.25) is 0 Å². The van der Waals surface area contributed by atoms with Gasteiger partial charge in [0.1, 0.15) is 0 Å². The lowest BCUT2D eigenvalue weighted by Gasteiger charge is -2.10. The van der Waals surface area contributed by atoms with Gasteiger partial charge in [-0.3, -0.25) is 4.79 Å². The molecule has 1 aromatic carbocycles. The Morgan fingerprint density at radius 3 is 2.33 bits per heavy atom. The maximum atomic E-state index is 11.5. The van der Waals surface area contributed by atoms with Crippen LogP contribution in [-0.2, 0) is 0 Å². The molecule has 0 bridgehead atoms. The number of rotatable bonds is 2. The molecular formula is C14H19NO3. The highest BCUT2D eigenvalue weighted by molar-refractivity contribution is 5.87. The molecule has 0 radical (unpaired) electrons. The molecule has 1 aromatic heterocycles. The molecule has 2 aromatic rings. The summed E-state index contributed by atoms with van der Waals surface area (Å²) in [5, 5.41) is 0.926. The Morgan fingerprint density at radius 2 is 1.78 bits per heavy atom. The molecule has 1 N–H and O–H groups in total. The number of hydrogen-bond acceptors (Lipinski definition) is 3. The van der Waals surface area contributed by atoms with E-state index in [-0.39, 0.29) is 5.56 Å². The van der Waals surface area contributed by atoms with Crippen LogP contribution in [0.25, 0.3) is 10.9 Å². The van der Waals surface area contributed by atoms with Gasteiger partial charge in [-0.05, 0) is 25.1 Å². The number of aromatic nitrogens is 1. The first-order valence-electron chi connectivity index (χ1n) is 5.92. The summed E-state index contributed by atoms with van der Waals surface area (Å²) in [5.41, 5.74) is 1.23. The van der Waals surface area contributed by atoms with Crippen molar-refractivity contribution in [2.24, 2.45) is 0 Å². The zero-order valence-corrected chi connectivity index (χ0v) is 11.5. The van der Waals surface area contributed by atoms with Gasteiger partial charge in [0.15, 0.2) is 11.5 Å². The van der Waals surface area contributed by atoms with Gasteiger partial charge < -0.3 is 14.5 Å². The first kappa shape index (κ1) is 14.1. The number of aryl methyl sites for hydroxylation is 1. The normalized spacial score (nSPS) is 9.61. The first-order chi connectivity index (χ1) is 8.67. The lowest BCUT2D eigenvalue weighted by Crippen LogP contribution is -2.09. The summed E-state index contributed by atoms with van der Waals surface area (Å²) in [6, 6.07) is 5.54. The van der Waals surface area contributed by atoms with Crippen LogP contribution in [0, 0.1) is 6.92 Å². The molecule has 18 heavy (non-hydrogen) atoms. The molecule has 0 aliphatic heterocycles. The second kappa shape index (κ2) is 6.10. The van der Waals surface area contributed by atoms with E-state index in [1.807, 2.05) is 32.0 Å². The molecule has 0 spiro atoms. The van der Waals surface area contributed by atoms with E-state index in [4.69, 9.17) is 9.47 Å². The first-order valence-corrected chi connectivity index (χ1v) is 5.92. The fraction of sp³-hybridized carbons (Fsp3) is 0.357. The molecule has 0 unspecified atom stereocenters. The summed E-state index contributed by atoms with van der Waals surface area (Å²) < 4.78 is 10.4. The zero-order chi connectivity index (χ0) is 13.7. The van der Waals surface area contributed by atoms with E-state index in [2.05, 4.69) is 4.98 Å². The minimum Gasteiger partial charge on any atom is -0.493 e. The monoisotopic (exact) mass is 249 g/mol. The molecule has 0 atom stereocenters. The van der Waals surface area contributed by atoms with Crippen LogP contribution < -0.4 is 15.0 Å². The third-order valence-electron chi connectivity index (χ3n) is 2.55. The van der Waals surface area contributed by atoms with Crippen LogP contribution in [0.5, 0.6) is 11.5 Å². The summed E-state index contributed by atoms with van der Waals surface area (Å²) in [4.78, 5) is 14.3. The minimum absolute atomic E-state index is 0.112. The number of H-pyrrole nitrogens is 1. The maximum Gasteiger partial charge on any atom is 0.251 e. The highest BCUT2D eigenvalue weighted by Gasteiger charge is 2.10. The number of hydrogen-bond donors (Lipinski definition) is 1. The SMILES string of the molecule is CC.COc1ccc2cc(C)c(=O)[nH]c2c1OC. The third kappa shape index (κ3) is 2.47. The number of nitrogens with one attached hydrogen (secondary N) is 1. The molecule has 2 rings (SSSR count). The number of ether oxygens (including phenoxy) is 2. The lowest BCUT2D eigenvalue weighted by molar-refractivity contribution is 0.358. The molecule has 0 aliphatic rings. The quantitative estimate of drug-likeness (QED) is 0.890. The molecule has 1 heterocycles. The van der Waals surface area contributed by atoms with E-state index in [0.717, 1.165) is 5.39 Å². The number of aromatic amines is 1. The van der Waals surface area contributed by atoms with Gasteiger partial charge in [-0.25, -0.2) is 0 Å². The minimum atomic E-state index is -0.112. The number of methoxy groups -OCH3 is 2. The summed E-state index contributed by atoms with van der Waals surface area (Å²) in [6.45, 7) is 5.77. The predicted octanol–water partition coefficient (Wildman–Crippen LogP) is 2.88. The Labute approximate surface area is 107 Å². The Kier molecular flexibility index (Phi) is 4.77. The van der Waals surface area contributed by atoms with Crippen molar-refractivity contribution in [2.45, 2.75) is 20.8 Å². The molecule has 98 valence electrons.